The van der Waals surface area contributed by atoms with E-state index in [0.29, 0.717) is 0 Å². The van der Waals surface area contributed by atoms with E-state index in [2.05, 4.69) is 24.1 Å². The Morgan fingerprint density at radius 3 is 2.26 bits per heavy atom. The van der Waals surface area contributed by atoms with Crippen LogP contribution in [0.1, 0.15) is 40.2 Å². The fourth-order valence-corrected chi connectivity index (χ4v) is 2.05. The van der Waals surface area contributed by atoms with Gasteiger partial charge in [0.1, 0.15) is 5.82 Å². The molecule has 0 spiro atoms. The predicted octanol–water partition coefficient (Wildman–Crippen LogP) is 2.12. The van der Waals surface area contributed by atoms with Crippen molar-refractivity contribution in [2.45, 2.75) is 52.7 Å². The number of anilines is 1. The quantitative estimate of drug-likeness (QED) is 0.847. The first kappa shape index (κ1) is 14.3. The maximum absolute atomic E-state index is 6.03. The second-order valence-corrected chi connectivity index (χ2v) is 6.07. The van der Waals surface area contributed by atoms with Crippen molar-refractivity contribution in [3.05, 3.63) is 17.7 Å². The summed E-state index contributed by atoms with van der Waals surface area (Å²) in [6.45, 7) is 13.2. The maximum atomic E-state index is 6.03. The van der Waals surface area contributed by atoms with E-state index < -0.39 is 7.12 Å². The fourth-order valence-electron chi connectivity index (χ4n) is 2.05. The largest absolute Gasteiger partial charge is 0.514 e. The van der Waals surface area contributed by atoms with Gasteiger partial charge in [0.15, 0.2) is 0 Å². The molecule has 1 aliphatic rings. The molecule has 0 unspecified atom stereocenters. The van der Waals surface area contributed by atoms with Gasteiger partial charge in [-0.15, -0.1) is 0 Å². The Labute approximate surface area is 116 Å². The second kappa shape index (κ2) is 4.80. The molecule has 0 atom stereocenters. The number of pyridine rings is 1. The lowest BCUT2D eigenvalue weighted by Crippen LogP contribution is -2.41. The second-order valence-electron chi connectivity index (χ2n) is 6.07. The Hall–Kier alpha value is -1.07. The summed E-state index contributed by atoms with van der Waals surface area (Å²) in [7, 11) is -0.401. The number of hydrogen-bond acceptors (Lipinski definition) is 4. The summed E-state index contributed by atoms with van der Waals surface area (Å²) in [6.07, 6.45) is 0. The van der Waals surface area contributed by atoms with Crippen molar-refractivity contribution in [2.75, 3.05) is 11.9 Å². The lowest BCUT2D eigenvalue weighted by molar-refractivity contribution is 0.00578. The van der Waals surface area contributed by atoms with Gasteiger partial charge in [0.2, 0.25) is 0 Å². The Morgan fingerprint density at radius 2 is 1.74 bits per heavy atom. The lowest BCUT2D eigenvalue weighted by atomic mass is 9.83. The van der Waals surface area contributed by atoms with Crippen LogP contribution in [0.25, 0.3) is 0 Å². The predicted molar refractivity (Wildman–Crippen MR) is 78.9 cm³/mol. The normalized spacial score (nSPS) is 20.6. The monoisotopic (exact) mass is 262 g/mol. The minimum absolute atomic E-state index is 0.332. The van der Waals surface area contributed by atoms with E-state index in [9.17, 15) is 0 Å². The molecule has 5 heteroatoms. The smallest absolute Gasteiger partial charge is 0.398 e. The highest BCUT2D eigenvalue weighted by Crippen LogP contribution is 2.36. The van der Waals surface area contributed by atoms with Gasteiger partial charge in [-0.2, -0.15) is 0 Å². The standard InChI is InChI=1S/C14H23BN2O2/c1-7-16-12-9-10(2)8-11(17-12)15-18-13(3,4)14(5,6)19-15/h8-9H,7H2,1-6H3,(H,16,17). The molecule has 1 aromatic rings. The molecule has 1 fully saturated rings. The molecule has 0 amide bonds. The molecule has 2 heterocycles. The van der Waals surface area contributed by atoms with Gasteiger partial charge in [-0.1, -0.05) is 0 Å². The topological polar surface area (TPSA) is 43.4 Å². The molecule has 19 heavy (non-hydrogen) atoms. The zero-order valence-electron chi connectivity index (χ0n) is 12.7. The minimum atomic E-state index is -0.401. The van der Waals surface area contributed by atoms with Crippen molar-refractivity contribution in [2.24, 2.45) is 0 Å². The van der Waals surface area contributed by atoms with E-state index in [1.807, 2.05) is 39.8 Å². The third-order valence-corrected chi connectivity index (χ3v) is 3.84. The first-order valence-corrected chi connectivity index (χ1v) is 6.83. The van der Waals surface area contributed by atoms with Crippen LogP contribution in [0, 0.1) is 6.92 Å². The van der Waals surface area contributed by atoms with Crippen molar-refractivity contribution in [1.29, 1.82) is 0 Å². The van der Waals surface area contributed by atoms with Crippen molar-refractivity contribution in [3.8, 4) is 0 Å². The molecule has 1 aromatic heterocycles. The summed E-state index contributed by atoms with van der Waals surface area (Å²) in [4.78, 5) is 4.58. The van der Waals surface area contributed by atoms with Crippen LogP contribution >= 0.6 is 0 Å². The zero-order valence-corrected chi connectivity index (χ0v) is 12.7. The lowest BCUT2D eigenvalue weighted by Gasteiger charge is -2.32. The molecular formula is C14H23BN2O2. The molecule has 1 aliphatic heterocycles. The summed E-state index contributed by atoms with van der Waals surface area (Å²) in [5, 5.41) is 3.23. The molecular weight excluding hydrogens is 239 g/mol. The molecule has 0 saturated carbocycles. The number of rotatable bonds is 3. The molecule has 2 rings (SSSR count). The maximum Gasteiger partial charge on any atom is 0.514 e. The average Bonchev–Trinajstić information content (AvgIpc) is 2.48. The molecule has 1 N–H and O–H groups in total. The van der Waals surface area contributed by atoms with Gasteiger partial charge in [0.25, 0.3) is 0 Å². The highest BCUT2D eigenvalue weighted by Gasteiger charge is 2.52. The molecule has 1 saturated heterocycles. The first-order valence-electron chi connectivity index (χ1n) is 6.83. The molecule has 0 bridgehead atoms. The van der Waals surface area contributed by atoms with Gasteiger partial charge in [-0.25, -0.2) is 4.98 Å². The summed E-state index contributed by atoms with van der Waals surface area (Å²) in [5.74, 6) is 0.868. The van der Waals surface area contributed by atoms with Gasteiger partial charge < -0.3 is 14.6 Å². The molecule has 0 aromatic carbocycles. The van der Waals surface area contributed by atoms with Crippen LogP contribution in [0.15, 0.2) is 12.1 Å². The summed E-state index contributed by atoms with van der Waals surface area (Å²) in [6, 6.07) is 4.04. The van der Waals surface area contributed by atoms with Crippen molar-refractivity contribution in [3.63, 3.8) is 0 Å². The van der Waals surface area contributed by atoms with Crippen LogP contribution in [-0.2, 0) is 9.31 Å². The Bertz CT molecular complexity index is 459. The average molecular weight is 262 g/mol. The number of aromatic nitrogens is 1. The van der Waals surface area contributed by atoms with Crippen LogP contribution in [0.3, 0.4) is 0 Å². The summed E-state index contributed by atoms with van der Waals surface area (Å²) >= 11 is 0. The van der Waals surface area contributed by atoms with Crippen LogP contribution in [0.5, 0.6) is 0 Å². The highest BCUT2D eigenvalue weighted by atomic mass is 16.7. The fraction of sp³-hybridized carbons (Fsp3) is 0.643. The molecule has 0 radical (unpaired) electrons. The van der Waals surface area contributed by atoms with Gasteiger partial charge in [0.05, 0.1) is 16.8 Å². The van der Waals surface area contributed by atoms with Crippen molar-refractivity contribution >= 4 is 18.5 Å². The summed E-state index contributed by atoms with van der Waals surface area (Å²) in [5.41, 5.74) is 1.31. The first-order chi connectivity index (χ1) is 8.75. The van der Waals surface area contributed by atoms with Crippen molar-refractivity contribution in [1.82, 2.24) is 4.98 Å². The number of nitrogens with one attached hydrogen (secondary N) is 1. The zero-order chi connectivity index (χ0) is 14.3. The van der Waals surface area contributed by atoms with Crippen LogP contribution in [0.4, 0.5) is 5.82 Å². The van der Waals surface area contributed by atoms with Gasteiger partial charge in [-0.05, 0) is 59.2 Å². The van der Waals surface area contributed by atoms with E-state index in [4.69, 9.17) is 9.31 Å². The van der Waals surface area contributed by atoms with E-state index in [0.717, 1.165) is 23.5 Å². The highest BCUT2D eigenvalue weighted by molar-refractivity contribution is 6.61. The van der Waals surface area contributed by atoms with Gasteiger partial charge in [0, 0.05) is 6.54 Å². The van der Waals surface area contributed by atoms with E-state index in [1.54, 1.807) is 0 Å². The minimum Gasteiger partial charge on any atom is -0.398 e. The van der Waals surface area contributed by atoms with Gasteiger partial charge >= 0.3 is 7.12 Å². The van der Waals surface area contributed by atoms with E-state index in [1.165, 1.54) is 0 Å². The van der Waals surface area contributed by atoms with Crippen LogP contribution in [-0.4, -0.2) is 29.8 Å². The number of aryl methyl sites for hydroxylation is 1. The van der Waals surface area contributed by atoms with E-state index in [-0.39, 0.29) is 11.2 Å². The Morgan fingerprint density at radius 1 is 1.16 bits per heavy atom. The van der Waals surface area contributed by atoms with E-state index >= 15 is 0 Å². The van der Waals surface area contributed by atoms with Crippen LogP contribution < -0.4 is 10.9 Å². The molecule has 104 valence electrons. The third-order valence-electron chi connectivity index (χ3n) is 3.84. The number of hydrogen-bond donors (Lipinski definition) is 1. The Kier molecular flexibility index (Phi) is 3.62. The van der Waals surface area contributed by atoms with Crippen molar-refractivity contribution < 1.29 is 9.31 Å². The SMILES string of the molecule is CCNc1cc(C)cc(B2OC(C)(C)C(C)(C)O2)n1. The molecule has 4 nitrogen and oxygen atoms in total. The summed E-state index contributed by atoms with van der Waals surface area (Å²) < 4.78 is 12.1. The molecule has 0 aliphatic carbocycles. The van der Waals surface area contributed by atoms with Gasteiger partial charge in [-0.3, -0.25) is 0 Å². The third kappa shape index (κ3) is 2.77. The Balaban J connectivity index is 2.29. The number of nitrogens with zero attached hydrogens (tertiary/aromatic N) is 1. The van der Waals surface area contributed by atoms with Crippen LogP contribution in [0.2, 0.25) is 0 Å².